The Balaban J connectivity index is 1.58. The number of amides is 2. The number of fused-ring (bicyclic) bond motifs is 1. The smallest absolute Gasteiger partial charge is 0.346 e. The Morgan fingerprint density at radius 3 is 2.63 bits per heavy atom. The summed E-state index contributed by atoms with van der Waals surface area (Å²) in [6.07, 6.45) is 4.31. The topological polar surface area (TPSA) is 52.2 Å². The van der Waals surface area contributed by atoms with E-state index in [-0.39, 0.29) is 28.2 Å². The van der Waals surface area contributed by atoms with Crippen LogP contribution in [0, 0.1) is 0 Å². The lowest BCUT2D eigenvalue weighted by Gasteiger charge is -2.46. The van der Waals surface area contributed by atoms with Gasteiger partial charge in [-0.1, -0.05) is 0 Å². The van der Waals surface area contributed by atoms with E-state index in [9.17, 15) is 18.0 Å². The minimum Gasteiger partial charge on any atom is -0.346 e. The number of pyridine rings is 1. The van der Waals surface area contributed by atoms with E-state index in [1.165, 1.54) is 12.1 Å². The van der Waals surface area contributed by atoms with Gasteiger partial charge in [0.05, 0.1) is 6.54 Å². The van der Waals surface area contributed by atoms with Crippen molar-refractivity contribution in [2.45, 2.75) is 42.8 Å². The molecule has 1 aromatic carbocycles. The van der Waals surface area contributed by atoms with Crippen LogP contribution in [0.2, 0.25) is 0 Å². The van der Waals surface area contributed by atoms with E-state index in [1.807, 2.05) is 37.1 Å². The van der Waals surface area contributed by atoms with Crippen molar-refractivity contribution in [3.05, 3.63) is 54.4 Å². The van der Waals surface area contributed by atoms with E-state index >= 15 is 0 Å². The Bertz CT molecular complexity index is 1060. The molecule has 9 heteroatoms. The van der Waals surface area contributed by atoms with Gasteiger partial charge in [-0.15, -0.1) is 0 Å². The highest BCUT2D eigenvalue weighted by atomic mass is 32.2. The lowest BCUT2D eigenvalue weighted by Crippen LogP contribution is -2.59. The fraction of sp³-hybridized carbons (Fsp3) is 0.333. The predicted molar refractivity (Wildman–Crippen MR) is 111 cm³/mol. The Labute approximate surface area is 176 Å². The molecule has 30 heavy (non-hydrogen) atoms. The van der Waals surface area contributed by atoms with E-state index in [2.05, 4.69) is 9.97 Å². The molecule has 1 N–H and O–H groups in total. The minimum absolute atomic E-state index is 0.0965. The van der Waals surface area contributed by atoms with Gasteiger partial charge in [0.25, 0.3) is 0 Å². The van der Waals surface area contributed by atoms with E-state index in [1.54, 1.807) is 23.2 Å². The zero-order valence-electron chi connectivity index (χ0n) is 16.5. The number of carbonyl (C=O) groups excluding carboxylic acids is 1. The van der Waals surface area contributed by atoms with E-state index in [4.69, 9.17) is 0 Å². The van der Waals surface area contributed by atoms with Gasteiger partial charge in [0.15, 0.2) is 0 Å². The third-order valence-corrected chi connectivity index (χ3v) is 6.13. The molecule has 3 aromatic rings. The van der Waals surface area contributed by atoms with Gasteiger partial charge in [0.2, 0.25) is 0 Å². The Morgan fingerprint density at radius 2 is 1.93 bits per heavy atom. The summed E-state index contributed by atoms with van der Waals surface area (Å²) in [6, 6.07) is 9.59. The first-order valence-corrected chi connectivity index (χ1v) is 10.3. The molecule has 1 saturated heterocycles. The molecule has 0 spiro atoms. The van der Waals surface area contributed by atoms with Crippen LogP contribution >= 0.6 is 11.8 Å². The second-order valence-electron chi connectivity index (χ2n) is 7.84. The zero-order valence-corrected chi connectivity index (χ0v) is 17.3. The van der Waals surface area contributed by atoms with Crippen molar-refractivity contribution >= 4 is 34.5 Å². The number of carbonyl (C=O) groups is 1. The van der Waals surface area contributed by atoms with Gasteiger partial charge < -0.3 is 9.88 Å². The fourth-order valence-electron chi connectivity index (χ4n) is 3.68. The molecule has 4 rings (SSSR count). The molecule has 5 nitrogen and oxygen atoms in total. The molecular formula is C21H21F3N4OS. The number of benzene rings is 1. The average molecular weight is 434 g/mol. The largest absolute Gasteiger partial charge is 0.446 e. The van der Waals surface area contributed by atoms with Gasteiger partial charge in [-0.25, -0.2) is 9.78 Å². The highest BCUT2D eigenvalue weighted by molar-refractivity contribution is 8.00. The number of urea groups is 1. The maximum absolute atomic E-state index is 13.4. The molecule has 0 bridgehead atoms. The van der Waals surface area contributed by atoms with Crippen LogP contribution in [0.4, 0.5) is 23.7 Å². The molecule has 0 aliphatic carbocycles. The molecule has 1 aliphatic heterocycles. The van der Waals surface area contributed by atoms with Crippen LogP contribution in [-0.4, -0.2) is 38.5 Å². The predicted octanol–water partition coefficient (Wildman–Crippen LogP) is 5.79. The first-order chi connectivity index (χ1) is 14.1. The summed E-state index contributed by atoms with van der Waals surface area (Å²) in [5.41, 5.74) is -2.36. The number of alkyl halides is 3. The first kappa shape index (κ1) is 20.6. The van der Waals surface area contributed by atoms with Crippen molar-refractivity contribution in [1.29, 1.82) is 0 Å². The molecule has 2 aromatic heterocycles. The van der Waals surface area contributed by atoms with Crippen molar-refractivity contribution < 1.29 is 18.0 Å². The third-order valence-electron chi connectivity index (χ3n) is 5.39. The average Bonchev–Trinajstić information content (AvgIpc) is 3.08. The molecular weight excluding hydrogens is 413 g/mol. The number of halogens is 3. The SMILES string of the molecule is CC1(C)CCN(c2ccc(SC(F)(F)F)cc2)C(=O)N1Cc1c[nH]c2ncccc12. The maximum atomic E-state index is 13.4. The fourth-order valence-corrected chi connectivity index (χ4v) is 4.22. The number of H-pyrrole nitrogens is 1. The summed E-state index contributed by atoms with van der Waals surface area (Å²) < 4.78 is 37.7. The number of aromatic amines is 1. The maximum Gasteiger partial charge on any atom is 0.446 e. The summed E-state index contributed by atoms with van der Waals surface area (Å²) in [4.78, 5) is 24.3. The summed E-state index contributed by atoms with van der Waals surface area (Å²) in [6.45, 7) is 4.97. The number of thioether (sulfide) groups is 1. The van der Waals surface area contributed by atoms with Gasteiger partial charge in [0.1, 0.15) is 5.65 Å². The normalized spacial score (nSPS) is 17.0. The number of hydrogen-bond acceptors (Lipinski definition) is 3. The number of aromatic nitrogens is 2. The van der Waals surface area contributed by atoms with Crippen molar-refractivity contribution in [3.63, 3.8) is 0 Å². The van der Waals surface area contributed by atoms with Gasteiger partial charge in [0, 0.05) is 40.4 Å². The highest BCUT2D eigenvalue weighted by Gasteiger charge is 2.39. The van der Waals surface area contributed by atoms with Gasteiger partial charge in [-0.3, -0.25) is 4.90 Å². The van der Waals surface area contributed by atoms with Crippen molar-refractivity contribution in [3.8, 4) is 0 Å². The third kappa shape index (κ3) is 4.12. The lowest BCUT2D eigenvalue weighted by atomic mass is 9.94. The summed E-state index contributed by atoms with van der Waals surface area (Å²) in [7, 11) is 0. The van der Waals surface area contributed by atoms with E-state index in [0.29, 0.717) is 18.8 Å². The molecule has 1 aliphatic rings. The lowest BCUT2D eigenvalue weighted by molar-refractivity contribution is -0.0328. The second-order valence-corrected chi connectivity index (χ2v) is 8.98. The van der Waals surface area contributed by atoms with Crippen molar-refractivity contribution in [1.82, 2.24) is 14.9 Å². The van der Waals surface area contributed by atoms with Crippen LogP contribution < -0.4 is 4.90 Å². The number of rotatable bonds is 4. The molecule has 0 saturated carbocycles. The highest BCUT2D eigenvalue weighted by Crippen LogP contribution is 2.38. The minimum atomic E-state index is -4.34. The van der Waals surface area contributed by atoms with Gasteiger partial charge in [-0.2, -0.15) is 13.2 Å². The Kier molecular flexibility index (Phi) is 5.17. The zero-order chi connectivity index (χ0) is 21.5. The second kappa shape index (κ2) is 7.54. The molecule has 158 valence electrons. The van der Waals surface area contributed by atoms with Crippen LogP contribution in [0.1, 0.15) is 25.8 Å². The van der Waals surface area contributed by atoms with Crippen LogP contribution in [0.15, 0.2) is 53.7 Å². The number of anilines is 1. The molecule has 2 amide bonds. The van der Waals surface area contributed by atoms with Crippen LogP contribution in [0.5, 0.6) is 0 Å². The molecule has 0 atom stereocenters. The molecule has 1 fully saturated rings. The summed E-state index contributed by atoms with van der Waals surface area (Å²) >= 11 is -0.162. The molecule has 0 radical (unpaired) electrons. The monoisotopic (exact) mass is 434 g/mol. The van der Waals surface area contributed by atoms with Crippen LogP contribution in [0.3, 0.4) is 0 Å². The van der Waals surface area contributed by atoms with Crippen molar-refractivity contribution in [2.24, 2.45) is 0 Å². The van der Waals surface area contributed by atoms with Crippen LogP contribution in [0.25, 0.3) is 11.0 Å². The molecule has 0 unspecified atom stereocenters. The standard InChI is InChI=1S/C21H21F3N4OS/c1-20(2)9-11-27(15-5-7-16(8-6-15)30-21(22,23)24)19(29)28(20)13-14-12-26-18-17(14)4-3-10-25-18/h3-8,10,12H,9,11,13H2,1-2H3,(H,25,26). The quantitative estimate of drug-likeness (QED) is 0.529. The number of nitrogens with zero attached hydrogens (tertiary/aromatic N) is 3. The Hall–Kier alpha value is -2.68. The van der Waals surface area contributed by atoms with Gasteiger partial charge in [-0.05, 0) is 74.0 Å². The van der Waals surface area contributed by atoms with E-state index < -0.39 is 5.51 Å². The number of hydrogen-bond donors (Lipinski definition) is 1. The van der Waals surface area contributed by atoms with Crippen molar-refractivity contribution in [2.75, 3.05) is 11.4 Å². The van der Waals surface area contributed by atoms with Crippen LogP contribution in [-0.2, 0) is 6.54 Å². The summed E-state index contributed by atoms with van der Waals surface area (Å²) in [5.74, 6) is 0. The molecule has 3 heterocycles. The first-order valence-electron chi connectivity index (χ1n) is 9.50. The number of nitrogens with one attached hydrogen (secondary N) is 1. The Morgan fingerprint density at radius 1 is 1.20 bits per heavy atom. The van der Waals surface area contributed by atoms with Gasteiger partial charge >= 0.3 is 11.5 Å². The van der Waals surface area contributed by atoms with E-state index in [0.717, 1.165) is 23.0 Å². The summed E-state index contributed by atoms with van der Waals surface area (Å²) in [5, 5.41) is 0.965.